The van der Waals surface area contributed by atoms with E-state index in [-0.39, 0.29) is 17.9 Å². The molecule has 3 atom stereocenters. The van der Waals surface area contributed by atoms with Crippen molar-refractivity contribution in [1.29, 1.82) is 0 Å². The van der Waals surface area contributed by atoms with Crippen LogP contribution in [0.5, 0.6) is 5.88 Å². The maximum Gasteiger partial charge on any atom is 0.306 e. The van der Waals surface area contributed by atoms with Gasteiger partial charge in [0.2, 0.25) is 0 Å². The minimum atomic E-state index is -0.927. The Labute approximate surface area is 189 Å². The van der Waals surface area contributed by atoms with Crippen molar-refractivity contribution in [3.05, 3.63) is 24.4 Å². The largest absolute Gasteiger partial charge is 0.494 e. The number of aromatic nitrogens is 1. The van der Waals surface area contributed by atoms with Crippen LogP contribution in [0.4, 0.5) is 5.69 Å². The summed E-state index contributed by atoms with van der Waals surface area (Å²) in [6, 6.07) is 5.40. The molecule has 1 aromatic carbocycles. The molecule has 32 heavy (non-hydrogen) atoms. The van der Waals surface area contributed by atoms with Gasteiger partial charge in [-0.15, -0.1) is 0 Å². The molecule has 8 heteroatoms. The van der Waals surface area contributed by atoms with E-state index >= 15 is 0 Å². The van der Waals surface area contributed by atoms with Crippen LogP contribution in [0.3, 0.4) is 0 Å². The second-order valence-corrected chi connectivity index (χ2v) is 9.58. The van der Waals surface area contributed by atoms with Crippen LogP contribution in [-0.4, -0.2) is 50.5 Å². The average Bonchev–Trinajstić information content (AvgIpc) is 3.03. The second kappa shape index (κ2) is 10.6. The van der Waals surface area contributed by atoms with E-state index in [4.69, 9.17) is 4.74 Å². The second-order valence-electron chi connectivity index (χ2n) is 9.58. The van der Waals surface area contributed by atoms with Crippen LogP contribution in [0, 0.1) is 0 Å². The monoisotopic (exact) mass is 447 g/mol. The summed E-state index contributed by atoms with van der Waals surface area (Å²) >= 11 is 0. The number of esters is 1. The molecular weight excluding hydrogens is 410 g/mol. The van der Waals surface area contributed by atoms with Gasteiger partial charge in [0.25, 0.3) is 0 Å². The van der Waals surface area contributed by atoms with Gasteiger partial charge in [0.1, 0.15) is 18.1 Å². The van der Waals surface area contributed by atoms with Crippen molar-refractivity contribution in [2.75, 3.05) is 11.9 Å². The Bertz CT molecular complexity index is 905. The first-order chi connectivity index (χ1) is 15.2. The zero-order valence-electron chi connectivity index (χ0n) is 19.3. The van der Waals surface area contributed by atoms with Crippen LogP contribution < -0.4 is 10.6 Å². The lowest BCUT2D eigenvalue weighted by Crippen LogP contribution is -2.47. The molecule has 3 unspecified atom stereocenters. The molecule has 8 nitrogen and oxygen atoms in total. The first-order valence-corrected chi connectivity index (χ1v) is 11.6. The zero-order chi connectivity index (χ0) is 23.3. The van der Waals surface area contributed by atoms with Crippen molar-refractivity contribution in [3.8, 4) is 5.88 Å². The summed E-state index contributed by atoms with van der Waals surface area (Å²) in [4.78, 5) is 11.7. The summed E-state index contributed by atoms with van der Waals surface area (Å²) in [6.45, 7) is 6.42. The maximum absolute atomic E-state index is 11.7. The van der Waals surface area contributed by atoms with Crippen LogP contribution in [0.25, 0.3) is 10.8 Å². The van der Waals surface area contributed by atoms with Crippen molar-refractivity contribution >= 4 is 22.4 Å². The fraction of sp³-hybridized carbons (Fsp3) is 0.625. The molecule has 0 spiro atoms. The van der Waals surface area contributed by atoms with Crippen LogP contribution >= 0.6 is 0 Å². The highest BCUT2D eigenvalue weighted by Gasteiger charge is 2.30. The number of piperidine rings is 1. The number of aromatic hydroxyl groups is 1. The van der Waals surface area contributed by atoms with E-state index < -0.39 is 18.1 Å². The van der Waals surface area contributed by atoms with Crippen molar-refractivity contribution < 1.29 is 24.9 Å². The minimum Gasteiger partial charge on any atom is -0.494 e. The standard InChI is InChI=1S/C24H37N3O5/c1-24(2,3)32-21(29)11-6-4-5-7-14-25-18-10-8-9-16-17(18)15-27(23(16)31)19-12-13-20(28)26-22(19)30/h8-10,15,19-20,22,25-26,28,30-31H,4-7,11-14H2,1-3H3. The number of nitrogens with one attached hydrogen (secondary N) is 2. The minimum absolute atomic E-state index is 0.119. The topological polar surface area (TPSA) is 116 Å². The van der Waals surface area contributed by atoms with E-state index in [2.05, 4.69) is 10.6 Å². The van der Waals surface area contributed by atoms with Gasteiger partial charge in [-0.05, 0) is 58.6 Å². The number of anilines is 1. The molecule has 1 aliphatic rings. The van der Waals surface area contributed by atoms with Gasteiger partial charge in [-0.1, -0.05) is 18.9 Å². The van der Waals surface area contributed by atoms with Crippen LogP contribution in [0.2, 0.25) is 0 Å². The molecule has 1 fully saturated rings. The smallest absolute Gasteiger partial charge is 0.306 e. The lowest BCUT2D eigenvalue weighted by Gasteiger charge is -2.33. The Morgan fingerprint density at radius 2 is 1.91 bits per heavy atom. The van der Waals surface area contributed by atoms with Gasteiger partial charge >= 0.3 is 5.97 Å². The maximum atomic E-state index is 11.7. The first-order valence-electron chi connectivity index (χ1n) is 11.6. The molecule has 178 valence electrons. The van der Waals surface area contributed by atoms with Crippen molar-refractivity contribution in [1.82, 2.24) is 9.88 Å². The number of aliphatic hydroxyl groups excluding tert-OH is 2. The molecule has 2 heterocycles. The molecule has 0 amide bonds. The van der Waals surface area contributed by atoms with E-state index in [0.29, 0.717) is 19.3 Å². The average molecular weight is 448 g/mol. The van der Waals surface area contributed by atoms with Crippen LogP contribution in [0.15, 0.2) is 24.4 Å². The molecule has 0 radical (unpaired) electrons. The van der Waals surface area contributed by atoms with Gasteiger partial charge in [-0.3, -0.25) is 10.1 Å². The molecule has 2 aromatic rings. The molecular formula is C24H37N3O5. The first kappa shape index (κ1) is 24.4. The summed E-state index contributed by atoms with van der Waals surface area (Å²) in [5.74, 6) is -0.0209. The Morgan fingerprint density at radius 1 is 1.16 bits per heavy atom. The van der Waals surface area contributed by atoms with Gasteiger partial charge in [0.15, 0.2) is 5.88 Å². The molecule has 1 saturated heterocycles. The number of fused-ring (bicyclic) bond motifs is 1. The Balaban J connectivity index is 1.50. The summed E-state index contributed by atoms with van der Waals surface area (Å²) in [7, 11) is 0. The number of unbranched alkanes of at least 4 members (excludes halogenated alkanes) is 3. The van der Waals surface area contributed by atoms with Crippen LogP contribution in [0.1, 0.15) is 71.8 Å². The predicted octanol–water partition coefficient (Wildman–Crippen LogP) is 3.61. The third kappa shape index (κ3) is 6.37. The Kier molecular flexibility index (Phi) is 8.03. The molecule has 1 aromatic heterocycles. The van der Waals surface area contributed by atoms with E-state index in [1.165, 1.54) is 0 Å². The fourth-order valence-corrected chi connectivity index (χ4v) is 4.18. The van der Waals surface area contributed by atoms with Crippen molar-refractivity contribution in [2.24, 2.45) is 0 Å². The number of carbonyl (C=O) groups is 1. The number of rotatable bonds is 9. The van der Waals surface area contributed by atoms with E-state index in [0.717, 1.165) is 48.7 Å². The van der Waals surface area contributed by atoms with E-state index in [9.17, 15) is 20.1 Å². The predicted molar refractivity (Wildman–Crippen MR) is 124 cm³/mol. The number of carbonyl (C=O) groups excluding carboxylic acids is 1. The highest BCUT2D eigenvalue weighted by atomic mass is 16.6. The SMILES string of the molecule is CC(C)(C)OC(=O)CCCCCCNc1cccc2c(O)n(C3CCC(O)NC3O)cc12. The van der Waals surface area contributed by atoms with Gasteiger partial charge in [0, 0.05) is 35.6 Å². The number of aliphatic hydroxyl groups is 2. The molecule has 5 N–H and O–H groups in total. The van der Waals surface area contributed by atoms with Gasteiger partial charge < -0.3 is 29.9 Å². The number of nitrogens with zero attached hydrogens (tertiary/aromatic N) is 1. The quantitative estimate of drug-likeness (QED) is 0.294. The molecule has 3 rings (SSSR count). The highest BCUT2D eigenvalue weighted by molar-refractivity contribution is 5.97. The number of hydrogen-bond donors (Lipinski definition) is 5. The summed E-state index contributed by atoms with van der Waals surface area (Å²) < 4.78 is 7.02. The van der Waals surface area contributed by atoms with Crippen molar-refractivity contribution in [3.63, 3.8) is 0 Å². The molecule has 0 bridgehead atoms. The number of ether oxygens (including phenoxy) is 1. The summed E-state index contributed by atoms with van der Waals surface area (Å²) in [5.41, 5.74) is 0.506. The Morgan fingerprint density at radius 3 is 2.62 bits per heavy atom. The van der Waals surface area contributed by atoms with E-state index in [1.54, 1.807) is 4.57 Å². The molecule has 0 saturated carbocycles. The summed E-state index contributed by atoms with van der Waals surface area (Å²) in [6.07, 6.45) is 5.52. The van der Waals surface area contributed by atoms with Gasteiger partial charge in [-0.2, -0.15) is 0 Å². The third-order valence-electron chi connectivity index (χ3n) is 5.72. The summed E-state index contributed by atoms with van der Waals surface area (Å²) in [5, 5.41) is 38.5. The van der Waals surface area contributed by atoms with Gasteiger partial charge in [0.05, 0.1) is 6.04 Å². The normalized spacial score (nSPS) is 21.6. The van der Waals surface area contributed by atoms with Crippen LogP contribution in [-0.2, 0) is 9.53 Å². The number of hydrogen-bond acceptors (Lipinski definition) is 7. The molecule has 1 aliphatic heterocycles. The van der Waals surface area contributed by atoms with Crippen molar-refractivity contribution in [2.45, 2.75) is 89.8 Å². The highest BCUT2D eigenvalue weighted by Crippen LogP contribution is 2.37. The zero-order valence-corrected chi connectivity index (χ0v) is 19.3. The lowest BCUT2D eigenvalue weighted by molar-refractivity contribution is -0.154. The van der Waals surface area contributed by atoms with Gasteiger partial charge in [-0.25, -0.2) is 0 Å². The fourth-order valence-electron chi connectivity index (χ4n) is 4.18. The van der Waals surface area contributed by atoms with E-state index in [1.807, 2.05) is 45.2 Å². The number of benzene rings is 1. The Hall–Kier alpha value is -2.29. The third-order valence-corrected chi connectivity index (χ3v) is 5.72. The lowest BCUT2D eigenvalue weighted by atomic mass is 10.0. The molecule has 0 aliphatic carbocycles.